The number of hydrogen-bond donors (Lipinski definition) is 1. The molecule has 0 spiro atoms. The molecule has 0 bridgehead atoms. The van der Waals surface area contributed by atoms with Gasteiger partial charge in [0.2, 0.25) is 0 Å². The van der Waals surface area contributed by atoms with E-state index in [1.54, 1.807) is 18.4 Å². The van der Waals surface area contributed by atoms with Crippen LogP contribution in [0.2, 0.25) is 0 Å². The van der Waals surface area contributed by atoms with Crippen molar-refractivity contribution in [3.63, 3.8) is 0 Å². The average Bonchev–Trinajstić information content (AvgIpc) is 2.95. The van der Waals surface area contributed by atoms with Crippen LogP contribution in [-0.4, -0.2) is 30.4 Å². The Morgan fingerprint density at radius 2 is 2.10 bits per heavy atom. The van der Waals surface area contributed by atoms with Crippen LogP contribution in [0.4, 0.5) is 5.69 Å². The lowest BCUT2D eigenvalue weighted by Gasteiger charge is -2.22. The summed E-state index contributed by atoms with van der Waals surface area (Å²) in [6, 6.07) is 10.1. The van der Waals surface area contributed by atoms with Crippen LogP contribution in [0, 0.1) is 0 Å². The second kappa shape index (κ2) is 7.38. The highest BCUT2D eigenvalue weighted by molar-refractivity contribution is 7.09. The summed E-state index contributed by atoms with van der Waals surface area (Å²) in [5.74, 6) is 0. The van der Waals surface area contributed by atoms with Gasteiger partial charge in [-0.15, -0.1) is 11.3 Å². The molecule has 0 amide bonds. The number of aromatic nitrogens is 1. The summed E-state index contributed by atoms with van der Waals surface area (Å²) < 4.78 is 5.28. The molecule has 0 unspecified atom stereocenters. The molecule has 1 aromatic carbocycles. The van der Waals surface area contributed by atoms with Gasteiger partial charge in [-0.05, 0) is 19.1 Å². The molecule has 108 valence electrons. The number of methoxy groups -OCH3 is 1. The third-order valence-corrected chi connectivity index (χ3v) is 4.17. The van der Waals surface area contributed by atoms with Crippen LogP contribution in [0.25, 0.3) is 0 Å². The minimum Gasteiger partial charge on any atom is -0.395 e. The zero-order valence-corrected chi connectivity index (χ0v) is 12.6. The molecule has 0 saturated carbocycles. The molecule has 0 aliphatic rings. The van der Waals surface area contributed by atoms with Crippen LogP contribution in [-0.2, 0) is 11.3 Å². The van der Waals surface area contributed by atoms with Crippen molar-refractivity contribution in [1.29, 1.82) is 0 Å². The summed E-state index contributed by atoms with van der Waals surface area (Å²) in [6.07, 6.45) is 0.0248. The van der Waals surface area contributed by atoms with Crippen LogP contribution in [0.5, 0.6) is 0 Å². The molecular formula is C15H20N2O2S. The van der Waals surface area contributed by atoms with Crippen molar-refractivity contribution in [2.24, 2.45) is 0 Å². The number of hydrogen-bond acceptors (Lipinski definition) is 5. The largest absolute Gasteiger partial charge is 0.395 e. The van der Waals surface area contributed by atoms with Crippen molar-refractivity contribution in [3.05, 3.63) is 46.4 Å². The predicted octanol–water partition coefficient (Wildman–Crippen LogP) is 2.85. The first-order chi connectivity index (χ1) is 9.74. The number of aliphatic hydroxyl groups excluding tert-OH is 1. The van der Waals surface area contributed by atoms with Gasteiger partial charge in [0, 0.05) is 24.7 Å². The Bertz CT molecular complexity index is 516. The van der Waals surface area contributed by atoms with Gasteiger partial charge in [0.05, 0.1) is 18.8 Å². The first-order valence-corrected chi connectivity index (χ1v) is 7.50. The molecule has 0 saturated heterocycles. The number of nitrogens with zero attached hydrogens (tertiary/aromatic N) is 2. The van der Waals surface area contributed by atoms with E-state index in [9.17, 15) is 5.11 Å². The zero-order valence-electron chi connectivity index (χ0n) is 11.8. The fourth-order valence-corrected chi connectivity index (χ4v) is 2.78. The molecule has 2 rings (SSSR count). The molecule has 5 heteroatoms. The fourth-order valence-electron chi connectivity index (χ4n) is 1.94. The molecule has 0 fully saturated rings. The fraction of sp³-hybridized carbons (Fsp3) is 0.400. The number of aliphatic hydroxyl groups is 1. The zero-order chi connectivity index (χ0) is 14.4. The van der Waals surface area contributed by atoms with E-state index in [1.165, 1.54) is 0 Å². The van der Waals surface area contributed by atoms with Crippen molar-refractivity contribution >= 4 is 17.0 Å². The number of thiazole rings is 1. The summed E-state index contributed by atoms with van der Waals surface area (Å²) in [5.41, 5.74) is 2.10. The molecule has 1 N–H and O–H groups in total. The Hall–Kier alpha value is -1.43. The third-order valence-electron chi connectivity index (χ3n) is 3.11. The number of rotatable bonds is 7. The Morgan fingerprint density at radius 1 is 1.35 bits per heavy atom. The molecule has 4 nitrogen and oxygen atoms in total. The Kier molecular flexibility index (Phi) is 5.52. The second-order valence-electron chi connectivity index (χ2n) is 4.54. The highest BCUT2D eigenvalue weighted by Crippen LogP contribution is 2.22. The lowest BCUT2D eigenvalue weighted by Crippen LogP contribution is -2.26. The van der Waals surface area contributed by atoms with E-state index in [0.717, 1.165) is 16.4 Å². The topological polar surface area (TPSA) is 45.6 Å². The van der Waals surface area contributed by atoms with Crippen LogP contribution in [0.3, 0.4) is 0 Å². The third kappa shape index (κ3) is 3.79. The highest BCUT2D eigenvalue weighted by atomic mass is 32.1. The van der Waals surface area contributed by atoms with Crippen LogP contribution < -0.4 is 4.90 Å². The average molecular weight is 292 g/mol. The van der Waals surface area contributed by atoms with Gasteiger partial charge in [-0.3, -0.25) is 0 Å². The number of benzene rings is 1. The molecule has 1 atom stereocenters. The first kappa shape index (κ1) is 15.0. The van der Waals surface area contributed by atoms with Gasteiger partial charge in [-0.2, -0.15) is 0 Å². The van der Waals surface area contributed by atoms with Crippen molar-refractivity contribution in [3.8, 4) is 0 Å². The minimum atomic E-state index is 0.0248. The Morgan fingerprint density at radius 3 is 2.75 bits per heavy atom. The number of para-hydroxylation sites is 1. The first-order valence-electron chi connectivity index (χ1n) is 6.62. The van der Waals surface area contributed by atoms with Gasteiger partial charge in [0.1, 0.15) is 11.1 Å². The van der Waals surface area contributed by atoms with Crippen LogP contribution >= 0.6 is 11.3 Å². The molecule has 0 radical (unpaired) electrons. The van der Waals surface area contributed by atoms with Crippen molar-refractivity contribution in [1.82, 2.24) is 4.98 Å². The van der Waals surface area contributed by atoms with Crippen LogP contribution in [0.15, 0.2) is 35.7 Å². The molecule has 0 aliphatic carbocycles. The van der Waals surface area contributed by atoms with Gasteiger partial charge in [-0.1, -0.05) is 18.2 Å². The van der Waals surface area contributed by atoms with Crippen LogP contribution in [0.1, 0.15) is 23.7 Å². The summed E-state index contributed by atoms with van der Waals surface area (Å²) in [4.78, 5) is 6.72. The van der Waals surface area contributed by atoms with Gasteiger partial charge < -0.3 is 14.7 Å². The minimum absolute atomic E-state index is 0.0248. The Labute approximate surface area is 123 Å². The maximum absolute atomic E-state index is 9.23. The summed E-state index contributed by atoms with van der Waals surface area (Å²) in [5, 5.41) is 12.3. The van der Waals surface area contributed by atoms with E-state index < -0.39 is 0 Å². The van der Waals surface area contributed by atoms with E-state index in [0.29, 0.717) is 13.1 Å². The molecular weight excluding hydrogens is 272 g/mol. The normalized spacial score (nSPS) is 12.3. The predicted molar refractivity (Wildman–Crippen MR) is 82.1 cm³/mol. The lowest BCUT2D eigenvalue weighted by atomic mass is 10.2. The van der Waals surface area contributed by atoms with Gasteiger partial charge in [-0.25, -0.2) is 4.98 Å². The SMILES string of the molecule is CO[C@@H](C)c1nc(CN(CCO)c2ccccc2)cs1. The summed E-state index contributed by atoms with van der Waals surface area (Å²) in [7, 11) is 1.69. The molecule has 2 aromatic rings. The van der Waals surface area contributed by atoms with E-state index in [-0.39, 0.29) is 12.7 Å². The summed E-state index contributed by atoms with van der Waals surface area (Å²) in [6.45, 7) is 3.40. The monoisotopic (exact) mass is 292 g/mol. The smallest absolute Gasteiger partial charge is 0.122 e. The summed E-state index contributed by atoms with van der Waals surface area (Å²) >= 11 is 1.61. The molecule has 0 aliphatic heterocycles. The van der Waals surface area contributed by atoms with Gasteiger partial charge >= 0.3 is 0 Å². The van der Waals surface area contributed by atoms with E-state index in [1.807, 2.05) is 37.3 Å². The van der Waals surface area contributed by atoms with Gasteiger partial charge in [0.25, 0.3) is 0 Å². The quantitative estimate of drug-likeness (QED) is 0.852. The Balaban J connectivity index is 2.10. The highest BCUT2D eigenvalue weighted by Gasteiger charge is 2.12. The molecule has 20 heavy (non-hydrogen) atoms. The molecule has 1 aromatic heterocycles. The number of anilines is 1. The van der Waals surface area contributed by atoms with Gasteiger partial charge in [0.15, 0.2) is 0 Å². The lowest BCUT2D eigenvalue weighted by molar-refractivity contribution is 0.119. The maximum Gasteiger partial charge on any atom is 0.122 e. The maximum atomic E-state index is 9.23. The van der Waals surface area contributed by atoms with E-state index >= 15 is 0 Å². The molecule has 1 heterocycles. The number of ether oxygens (including phenoxy) is 1. The standard InChI is InChI=1S/C15H20N2O2S/c1-12(19-2)15-16-13(11-20-15)10-17(8-9-18)14-6-4-3-5-7-14/h3-7,11-12,18H,8-10H2,1-2H3/t12-/m0/s1. The second-order valence-corrected chi connectivity index (χ2v) is 5.43. The van der Waals surface area contributed by atoms with Crippen molar-refractivity contribution in [2.45, 2.75) is 19.6 Å². The van der Waals surface area contributed by atoms with E-state index in [4.69, 9.17) is 4.74 Å². The van der Waals surface area contributed by atoms with Crippen molar-refractivity contribution < 1.29 is 9.84 Å². The van der Waals surface area contributed by atoms with E-state index in [2.05, 4.69) is 15.3 Å². The van der Waals surface area contributed by atoms with Crippen molar-refractivity contribution in [2.75, 3.05) is 25.2 Å².